The maximum absolute atomic E-state index is 12.4. The lowest BCUT2D eigenvalue weighted by molar-refractivity contribution is -0.116. The third-order valence-electron chi connectivity index (χ3n) is 4.11. The zero-order valence-electron chi connectivity index (χ0n) is 17.4. The minimum Gasteiger partial charge on any atom is -0.497 e. The number of aromatic nitrogens is 1. The van der Waals surface area contributed by atoms with Crippen LogP contribution in [-0.4, -0.2) is 31.0 Å². The predicted molar refractivity (Wildman–Crippen MR) is 124 cm³/mol. The summed E-state index contributed by atoms with van der Waals surface area (Å²) >= 11 is 3.10. The lowest BCUT2D eigenvalue weighted by atomic mass is 10.2. The molecule has 2 N–H and O–H groups in total. The first-order valence-corrected chi connectivity index (χ1v) is 11.3. The molecule has 0 spiro atoms. The monoisotopic (exact) mass is 457 g/mol. The number of carbonyl (C=O) groups is 2. The summed E-state index contributed by atoms with van der Waals surface area (Å²) in [4.78, 5) is 28.1. The lowest BCUT2D eigenvalue weighted by Gasteiger charge is -2.07. The SMILES string of the molecule is COc1cc(CSc2nc(CC(=O)Nc3cccc(NC(C)=O)c3)cs2)cc(OC)c1. The van der Waals surface area contributed by atoms with Gasteiger partial charge in [0, 0.05) is 35.5 Å². The number of thioether (sulfide) groups is 1. The first kappa shape index (κ1) is 22.6. The van der Waals surface area contributed by atoms with Crippen LogP contribution in [0, 0.1) is 0 Å². The van der Waals surface area contributed by atoms with E-state index >= 15 is 0 Å². The van der Waals surface area contributed by atoms with Gasteiger partial charge in [0.15, 0.2) is 0 Å². The average molecular weight is 458 g/mol. The number of ether oxygens (including phenoxy) is 2. The molecule has 0 aliphatic heterocycles. The number of benzene rings is 2. The number of carbonyl (C=O) groups excluding carboxylic acids is 2. The van der Waals surface area contributed by atoms with Gasteiger partial charge in [0.05, 0.1) is 26.3 Å². The number of nitrogens with one attached hydrogen (secondary N) is 2. The molecule has 9 heteroatoms. The Morgan fingerprint density at radius 2 is 1.71 bits per heavy atom. The molecule has 0 saturated heterocycles. The normalized spacial score (nSPS) is 10.4. The van der Waals surface area contributed by atoms with Crippen LogP contribution < -0.4 is 20.1 Å². The molecule has 1 heterocycles. The molecule has 0 aliphatic carbocycles. The second-order valence-electron chi connectivity index (χ2n) is 6.60. The molecule has 3 aromatic rings. The maximum atomic E-state index is 12.4. The van der Waals surface area contributed by atoms with Crippen molar-refractivity contribution in [1.82, 2.24) is 4.98 Å². The van der Waals surface area contributed by atoms with Crippen molar-refractivity contribution < 1.29 is 19.1 Å². The van der Waals surface area contributed by atoms with Crippen LogP contribution in [-0.2, 0) is 21.8 Å². The van der Waals surface area contributed by atoms with Crippen molar-refractivity contribution in [3.8, 4) is 11.5 Å². The summed E-state index contributed by atoms with van der Waals surface area (Å²) in [5, 5.41) is 7.42. The van der Waals surface area contributed by atoms with Crippen LogP contribution in [0.15, 0.2) is 52.2 Å². The van der Waals surface area contributed by atoms with Gasteiger partial charge in [-0.3, -0.25) is 9.59 Å². The minimum absolute atomic E-state index is 0.164. The van der Waals surface area contributed by atoms with E-state index < -0.39 is 0 Å². The lowest BCUT2D eigenvalue weighted by Crippen LogP contribution is -2.15. The topological polar surface area (TPSA) is 89.5 Å². The number of amides is 2. The van der Waals surface area contributed by atoms with Gasteiger partial charge in [0.1, 0.15) is 15.8 Å². The first-order chi connectivity index (χ1) is 14.9. The van der Waals surface area contributed by atoms with Gasteiger partial charge >= 0.3 is 0 Å². The van der Waals surface area contributed by atoms with Crippen LogP contribution in [0.4, 0.5) is 11.4 Å². The van der Waals surface area contributed by atoms with E-state index in [9.17, 15) is 9.59 Å². The summed E-state index contributed by atoms with van der Waals surface area (Å²) < 4.78 is 11.5. The highest BCUT2D eigenvalue weighted by molar-refractivity contribution is 8.00. The molecule has 0 fully saturated rings. The van der Waals surface area contributed by atoms with Crippen molar-refractivity contribution >= 4 is 46.3 Å². The Morgan fingerprint density at radius 3 is 2.35 bits per heavy atom. The molecule has 162 valence electrons. The van der Waals surface area contributed by atoms with Gasteiger partial charge in [0.2, 0.25) is 11.8 Å². The largest absolute Gasteiger partial charge is 0.497 e. The highest BCUT2D eigenvalue weighted by Gasteiger charge is 2.10. The summed E-state index contributed by atoms with van der Waals surface area (Å²) in [7, 11) is 3.25. The fourth-order valence-electron chi connectivity index (χ4n) is 2.78. The summed E-state index contributed by atoms with van der Waals surface area (Å²) in [5.41, 5.74) is 3.03. The summed E-state index contributed by atoms with van der Waals surface area (Å²) in [6, 6.07) is 12.8. The molecule has 0 radical (unpaired) electrons. The molecule has 2 aromatic carbocycles. The van der Waals surface area contributed by atoms with Crippen LogP contribution >= 0.6 is 23.1 Å². The molecule has 0 saturated carbocycles. The smallest absolute Gasteiger partial charge is 0.230 e. The summed E-state index contributed by atoms with van der Waals surface area (Å²) in [6.45, 7) is 1.44. The highest BCUT2D eigenvalue weighted by Crippen LogP contribution is 2.30. The Bertz CT molecular complexity index is 1050. The summed E-state index contributed by atoms with van der Waals surface area (Å²) in [5.74, 6) is 1.87. The second kappa shape index (κ2) is 10.8. The highest BCUT2D eigenvalue weighted by atomic mass is 32.2. The number of methoxy groups -OCH3 is 2. The number of hydrogen-bond acceptors (Lipinski definition) is 7. The van der Waals surface area contributed by atoms with Crippen molar-refractivity contribution in [3.05, 3.63) is 59.1 Å². The Hall–Kier alpha value is -3.04. The first-order valence-electron chi connectivity index (χ1n) is 9.42. The molecule has 1 aromatic heterocycles. The van der Waals surface area contributed by atoms with Gasteiger partial charge in [-0.05, 0) is 35.9 Å². The van der Waals surface area contributed by atoms with E-state index in [0.29, 0.717) is 22.8 Å². The number of nitrogens with zero attached hydrogens (tertiary/aromatic N) is 1. The molecular weight excluding hydrogens is 434 g/mol. The average Bonchev–Trinajstić information content (AvgIpc) is 3.18. The van der Waals surface area contributed by atoms with E-state index in [1.54, 1.807) is 50.2 Å². The molecule has 2 amide bonds. The molecule has 0 unspecified atom stereocenters. The van der Waals surface area contributed by atoms with Gasteiger partial charge in [-0.15, -0.1) is 11.3 Å². The van der Waals surface area contributed by atoms with Crippen LogP contribution in [0.25, 0.3) is 0 Å². The van der Waals surface area contributed by atoms with Crippen LogP contribution in [0.3, 0.4) is 0 Å². The number of thiazole rings is 1. The molecule has 31 heavy (non-hydrogen) atoms. The minimum atomic E-state index is -0.167. The van der Waals surface area contributed by atoms with E-state index in [2.05, 4.69) is 15.6 Å². The van der Waals surface area contributed by atoms with Gasteiger partial charge in [-0.2, -0.15) is 0 Å². The standard InChI is InChI=1S/C22H23N3O4S2/c1-14(26)23-16-5-4-6-17(9-16)24-21(27)10-18-13-31-22(25-18)30-12-15-7-19(28-2)11-20(8-15)29-3/h4-9,11,13H,10,12H2,1-3H3,(H,23,26)(H,24,27). The van der Waals surface area contributed by atoms with Crippen molar-refractivity contribution in [3.63, 3.8) is 0 Å². The van der Waals surface area contributed by atoms with E-state index in [0.717, 1.165) is 21.4 Å². The molecule has 3 rings (SSSR count). The van der Waals surface area contributed by atoms with Crippen LogP contribution in [0.5, 0.6) is 11.5 Å². The van der Waals surface area contributed by atoms with Crippen molar-refractivity contribution in [2.75, 3.05) is 24.9 Å². The second-order valence-corrected chi connectivity index (χ2v) is 8.68. The molecule has 7 nitrogen and oxygen atoms in total. The quantitative estimate of drug-likeness (QED) is 0.457. The number of rotatable bonds is 9. The Morgan fingerprint density at radius 1 is 1.03 bits per heavy atom. The fourth-order valence-corrected chi connectivity index (χ4v) is 4.55. The van der Waals surface area contributed by atoms with Crippen molar-refractivity contribution in [1.29, 1.82) is 0 Å². The molecule has 0 aliphatic rings. The van der Waals surface area contributed by atoms with Crippen molar-refractivity contribution in [2.45, 2.75) is 23.4 Å². The zero-order valence-corrected chi connectivity index (χ0v) is 19.1. The van der Waals surface area contributed by atoms with E-state index in [4.69, 9.17) is 9.47 Å². The predicted octanol–water partition coefficient (Wildman–Crippen LogP) is 4.59. The van der Waals surface area contributed by atoms with Gasteiger partial charge in [-0.1, -0.05) is 17.8 Å². The maximum Gasteiger partial charge on any atom is 0.230 e. The van der Waals surface area contributed by atoms with E-state index in [1.165, 1.54) is 18.3 Å². The van der Waals surface area contributed by atoms with Gasteiger partial charge in [-0.25, -0.2) is 4.98 Å². The summed E-state index contributed by atoms with van der Waals surface area (Å²) in [6.07, 6.45) is 0.175. The van der Waals surface area contributed by atoms with Crippen molar-refractivity contribution in [2.24, 2.45) is 0 Å². The van der Waals surface area contributed by atoms with Crippen LogP contribution in [0.1, 0.15) is 18.2 Å². The Labute approximate surface area is 189 Å². The van der Waals surface area contributed by atoms with Gasteiger partial charge < -0.3 is 20.1 Å². The van der Waals surface area contributed by atoms with E-state index in [1.807, 2.05) is 23.6 Å². The molecule has 0 bridgehead atoms. The van der Waals surface area contributed by atoms with E-state index in [-0.39, 0.29) is 18.2 Å². The third-order valence-corrected chi connectivity index (χ3v) is 6.25. The molecule has 0 atom stereocenters. The Kier molecular flexibility index (Phi) is 7.91. The zero-order chi connectivity index (χ0) is 22.2. The Balaban J connectivity index is 1.55. The fraction of sp³-hybridized carbons (Fsp3) is 0.227. The third kappa shape index (κ3) is 7.01. The number of hydrogen-bond donors (Lipinski definition) is 2. The van der Waals surface area contributed by atoms with Crippen LogP contribution in [0.2, 0.25) is 0 Å². The van der Waals surface area contributed by atoms with Gasteiger partial charge in [0.25, 0.3) is 0 Å². The molecular formula is C22H23N3O4S2. The number of anilines is 2.